The minimum atomic E-state index is 0.0873. The highest BCUT2D eigenvalue weighted by molar-refractivity contribution is 6.33. The quantitative estimate of drug-likeness (QED) is 0.272. The van der Waals surface area contributed by atoms with Gasteiger partial charge in [0.15, 0.2) is 0 Å². The van der Waals surface area contributed by atoms with Crippen LogP contribution in [0.4, 0.5) is 0 Å². The number of ether oxygens (including phenoxy) is 3. The predicted molar refractivity (Wildman–Crippen MR) is 145 cm³/mol. The van der Waals surface area contributed by atoms with Gasteiger partial charge in [-0.1, -0.05) is 59.1 Å². The lowest BCUT2D eigenvalue weighted by Gasteiger charge is -2.07. The van der Waals surface area contributed by atoms with Gasteiger partial charge >= 0.3 is 0 Å². The number of aryl methyl sites for hydroxylation is 2. The van der Waals surface area contributed by atoms with Gasteiger partial charge < -0.3 is 19.3 Å². The van der Waals surface area contributed by atoms with Crippen LogP contribution in [0.25, 0.3) is 0 Å². The van der Waals surface area contributed by atoms with Crippen molar-refractivity contribution in [3.8, 4) is 17.4 Å². The molecule has 196 valence electrons. The number of aliphatic hydroxyl groups excluding tert-OH is 1. The lowest BCUT2D eigenvalue weighted by molar-refractivity contribution is 0.281. The van der Waals surface area contributed by atoms with Crippen molar-refractivity contribution in [1.82, 2.24) is 19.9 Å². The van der Waals surface area contributed by atoms with Crippen molar-refractivity contribution < 1.29 is 19.3 Å². The van der Waals surface area contributed by atoms with Crippen molar-refractivity contribution in [2.24, 2.45) is 0 Å². The van der Waals surface area contributed by atoms with E-state index < -0.39 is 0 Å². The molecule has 0 aliphatic carbocycles. The molecule has 1 N–H and O–H groups in total. The summed E-state index contributed by atoms with van der Waals surface area (Å²) in [6.07, 6.45) is 0. The van der Waals surface area contributed by atoms with E-state index in [1.807, 2.05) is 48.5 Å². The molecule has 2 heterocycles. The maximum Gasteiger partial charge on any atom is 0.218 e. The number of aromatic nitrogens is 4. The molecule has 0 amide bonds. The lowest BCUT2D eigenvalue weighted by Crippen LogP contribution is -1.99. The Kier molecular flexibility index (Phi) is 12.9. The zero-order valence-corrected chi connectivity index (χ0v) is 23.1. The van der Waals surface area contributed by atoms with E-state index in [1.54, 1.807) is 34.1 Å². The summed E-state index contributed by atoms with van der Waals surface area (Å²) in [4.78, 5) is 15.7. The van der Waals surface area contributed by atoms with Crippen molar-refractivity contribution in [3.05, 3.63) is 98.9 Å². The molecule has 11 heteroatoms. The van der Waals surface area contributed by atoms with E-state index in [0.717, 1.165) is 22.6 Å². The van der Waals surface area contributed by atoms with Gasteiger partial charge in [-0.15, -0.1) is 0 Å². The number of rotatable bonds is 6. The number of halogens is 3. The first-order valence-electron chi connectivity index (χ1n) is 10.9. The molecule has 0 saturated heterocycles. The van der Waals surface area contributed by atoms with Crippen LogP contribution in [0.1, 0.15) is 22.8 Å². The Bertz CT molecular complexity index is 1150. The summed E-state index contributed by atoms with van der Waals surface area (Å²) in [5, 5.41) is 9.81. The smallest absolute Gasteiger partial charge is 0.218 e. The van der Waals surface area contributed by atoms with E-state index in [4.69, 9.17) is 54.1 Å². The van der Waals surface area contributed by atoms with E-state index in [-0.39, 0.29) is 6.61 Å². The van der Waals surface area contributed by atoms with Gasteiger partial charge in [-0.3, -0.25) is 0 Å². The third-order valence-electron chi connectivity index (χ3n) is 4.45. The van der Waals surface area contributed by atoms with Crippen LogP contribution >= 0.6 is 34.8 Å². The lowest BCUT2D eigenvalue weighted by atomic mass is 10.2. The molecule has 8 nitrogen and oxygen atoms in total. The molecule has 0 aliphatic rings. The molecule has 0 fully saturated rings. The summed E-state index contributed by atoms with van der Waals surface area (Å²) in [5.74, 6) is 3.29. The topological polar surface area (TPSA) is 99.5 Å². The maximum absolute atomic E-state index is 8.66. The van der Waals surface area contributed by atoms with Crippen LogP contribution in [0.3, 0.4) is 0 Å². The van der Waals surface area contributed by atoms with Crippen molar-refractivity contribution in [1.29, 1.82) is 0 Å². The fourth-order valence-electron chi connectivity index (χ4n) is 2.69. The molecule has 2 aromatic heterocycles. The van der Waals surface area contributed by atoms with Crippen LogP contribution in [-0.4, -0.2) is 39.3 Å². The second-order valence-corrected chi connectivity index (χ2v) is 8.44. The summed E-state index contributed by atoms with van der Waals surface area (Å²) in [7, 11) is 3.26. The first-order chi connectivity index (χ1) is 17.7. The zero-order chi connectivity index (χ0) is 27.2. The predicted octanol–water partition coefficient (Wildman–Crippen LogP) is 6.31. The van der Waals surface area contributed by atoms with Gasteiger partial charge in [0, 0.05) is 12.1 Å². The summed E-state index contributed by atoms with van der Waals surface area (Å²) in [5.41, 5.74) is 1.93. The standard InChI is InChI=1S/C13H13ClN2O2.C8H10O2.C5H4Cl2N2/c1-9-15-12(14)7-13(16-9)18-8-10-3-5-11(17-2)6-4-10;1-10-8-4-2-7(6-9)3-5-8;1-3-8-4(6)2-5(7)9-3/h3-7H,8H2,1-2H3;2-5,9H,6H2,1H3;2H,1H3. The van der Waals surface area contributed by atoms with Crippen LogP contribution in [0.2, 0.25) is 15.5 Å². The second-order valence-electron chi connectivity index (χ2n) is 7.28. The summed E-state index contributed by atoms with van der Waals surface area (Å²) in [6, 6.07) is 18.1. The summed E-state index contributed by atoms with van der Waals surface area (Å²) < 4.78 is 15.6. The minimum Gasteiger partial charge on any atom is -0.497 e. The average molecular weight is 566 g/mol. The Labute approximate surface area is 231 Å². The Balaban J connectivity index is 0.000000214. The summed E-state index contributed by atoms with van der Waals surface area (Å²) >= 11 is 16.9. The van der Waals surface area contributed by atoms with Gasteiger partial charge in [-0.05, 0) is 49.2 Å². The Morgan fingerprint density at radius 1 is 0.649 bits per heavy atom. The number of hydrogen-bond donors (Lipinski definition) is 1. The first kappa shape index (κ1) is 30.1. The average Bonchev–Trinajstić information content (AvgIpc) is 2.87. The Morgan fingerprint density at radius 3 is 1.49 bits per heavy atom. The number of methoxy groups -OCH3 is 2. The number of aliphatic hydroxyl groups is 1. The van der Waals surface area contributed by atoms with Gasteiger partial charge in [0.25, 0.3) is 0 Å². The fraction of sp³-hybridized carbons (Fsp3) is 0.231. The molecule has 4 aromatic rings. The molecular weight excluding hydrogens is 539 g/mol. The van der Waals surface area contributed by atoms with E-state index >= 15 is 0 Å². The third kappa shape index (κ3) is 11.6. The van der Waals surface area contributed by atoms with Crippen LogP contribution in [0.5, 0.6) is 17.4 Å². The minimum absolute atomic E-state index is 0.0873. The van der Waals surface area contributed by atoms with E-state index in [0.29, 0.717) is 39.6 Å². The van der Waals surface area contributed by atoms with Crippen LogP contribution < -0.4 is 14.2 Å². The second kappa shape index (κ2) is 15.8. The maximum atomic E-state index is 8.66. The van der Waals surface area contributed by atoms with Crippen molar-refractivity contribution in [2.45, 2.75) is 27.1 Å². The highest BCUT2D eigenvalue weighted by Crippen LogP contribution is 2.17. The van der Waals surface area contributed by atoms with Crippen LogP contribution in [0, 0.1) is 13.8 Å². The number of hydrogen-bond acceptors (Lipinski definition) is 8. The van der Waals surface area contributed by atoms with Gasteiger partial charge in [-0.2, -0.15) is 4.98 Å². The van der Waals surface area contributed by atoms with Gasteiger partial charge in [0.2, 0.25) is 5.88 Å². The Hall–Kier alpha value is -3.17. The van der Waals surface area contributed by atoms with Crippen molar-refractivity contribution in [2.75, 3.05) is 14.2 Å². The van der Waals surface area contributed by atoms with Crippen molar-refractivity contribution >= 4 is 34.8 Å². The van der Waals surface area contributed by atoms with Gasteiger partial charge in [0.1, 0.15) is 45.2 Å². The van der Waals surface area contributed by atoms with E-state index in [9.17, 15) is 0 Å². The molecule has 0 bridgehead atoms. The molecule has 0 atom stereocenters. The van der Waals surface area contributed by atoms with Crippen molar-refractivity contribution in [3.63, 3.8) is 0 Å². The first-order valence-corrected chi connectivity index (χ1v) is 12.0. The number of benzene rings is 2. The Morgan fingerprint density at radius 2 is 1.08 bits per heavy atom. The molecule has 0 aliphatic heterocycles. The van der Waals surface area contributed by atoms with Crippen LogP contribution in [-0.2, 0) is 13.2 Å². The molecule has 0 radical (unpaired) electrons. The number of nitrogens with zero attached hydrogens (tertiary/aromatic N) is 4. The molecule has 4 rings (SSSR count). The highest BCUT2D eigenvalue weighted by Gasteiger charge is 2.02. The summed E-state index contributed by atoms with van der Waals surface area (Å²) in [6.45, 7) is 4.02. The SMILES string of the molecule is COc1ccc(CO)cc1.COc1ccc(COc2cc(Cl)nc(C)n2)cc1.Cc1nc(Cl)cc(Cl)n1. The molecule has 37 heavy (non-hydrogen) atoms. The zero-order valence-electron chi connectivity index (χ0n) is 20.8. The van der Waals surface area contributed by atoms with E-state index in [1.165, 1.54) is 6.07 Å². The fourth-order valence-corrected chi connectivity index (χ4v) is 3.41. The van der Waals surface area contributed by atoms with Gasteiger partial charge in [0.05, 0.1) is 20.8 Å². The van der Waals surface area contributed by atoms with Gasteiger partial charge in [-0.25, -0.2) is 15.0 Å². The largest absolute Gasteiger partial charge is 0.497 e. The molecule has 0 spiro atoms. The van der Waals surface area contributed by atoms with Crippen LogP contribution in [0.15, 0.2) is 60.7 Å². The molecule has 0 unspecified atom stereocenters. The van der Waals surface area contributed by atoms with E-state index in [2.05, 4.69) is 19.9 Å². The normalized spacial score (nSPS) is 9.84. The monoisotopic (exact) mass is 564 g/mol. The highest BCUT2D eigenvalue weighted by atomic mass is 35.5. The molecular formula is C26H27Cl3N4O4. The third-order valence-corrected chi connectivity index (χ3v) is 5.03. The molecule has 0 saturated carbocycles. The molecule has 2 aromatic carbocycles.